The second-order valence-electron chi connectivity index (χ2n) is 7.87. The molecular formula is C23H31N3O2. The van der Waals surface area contributed by atoms with E-state index in [9.17, 15) is 9.59 Å². The Kier molecular flexibility index (Phi) is 6.68. The maximum absolute atomic E-state index is 13.1. The lowest BCUT2D eigenvalue weighted by Gasteiger charge is -2.24. The van der Waals surface area contributed by atoms with Gasteiger partial charge in [-0.05, 0) is 68.0 Å². The molecule has 0 spiro atoms. The predicted octanol–water partition coefficient (Wildman–Crippen LogP) is 2.99. The summed E-state index contributed by atoms with van der Waals surface area (Å²) in [7, 11) is 1.76. The molecule has 150 valence electrons. The topological polar surface area (TPSA) is 54.3 Å². The van der Waals surface area contributed by atoms with E-state index >= 15 is 0 Å². The first-order chi connectivity index (χ1) is 13.5. The minimum Gasteiger partial charge on any atom is -0.337 e. The van der Waals surface area contributed by atoms with Crippen LogP contribution in [0.15, 0.2) is 41.3 Å². The summed E-state index contributed by atoms with van der Waals surface area (Å²) in [6, 6.07) is 10.2. The third-order valence-electron chi connectivity index (χ3n) is 5.64. The predicted molar refractivity (Wildman–Crippen MR) is 113 cm³/mol. The van der Waals surface area contributed by atoms with Gasteiger partial charge in [0.2, 0.25) is 0 Å². The minimum atomic E-state index is -0.210. The van der Waals surface area contributed by atoms with Gasteiger partial charge in [-0.15, -0.1) is 0 Å². The smallest absolute Gasteiger partial charge is 0.263 e. The van der Waals surface area contributed by atoms with Crippen molar-refractivity contribution in [2.75, 3.05) is 20.1 Å². The molecule has 1 N–H and O–H groups in total. The summed E-state index contributed by atoms with van der Waals surface area (Å²) in [5, 5.41) is 3.39. The number of pyridine rings is 1. The molecule has 1 unspecified atom stereocenters. The fourth-order valence-corrected chi connectivity index (χ4v) is 3.84. The Balaban J connectivity index is 1.77. The molecule has 2 heterocycles. The van der Waals surface area contributed by atoms with Gasteiger partial charge in [0.05, 0.1) is 0 Å². The summed E-state index contributed by atoms with van der Waals surface area (Å²) in [6.45, 7) is 7.09. The highest BCUT2D eigenvalue weighted by Crippen LogP contribution is 2.14. The van der Waals surface area contributed by atoms with Crippen molar-refractivity contribution >= 4 is 5.91 Å². The van der Waals surface area contributed by atoms with Crippen LogP contribution in [0.25, 0.3) is 0 Å². The average molecular weight is 382 g/mol. The number of nitrogens with one attached hydrogen (secondary N) is 1. The normalized spacial score (nSPS) is 16.8. The number of hydrogen-bond donors (Lipinski definition) is 1. The first-order valence-electron chi connectivity index (χ1n) is 10.2. The van der Waals surface area contributed by atoms with Gasteiger partial charge in [0.15, 0.2) is 0 Å². The van der Waals surface area contributed by atoms with Crippen molar-refractivity contribution in [1.82, 2.24) is 14.8 Å². The van der Waals surface area contributed by atoms with Crippen LogP contribution in [-0.4, -0.2) is 35.5 Å². The Hall–Kier alpha value is -2.40. The van der Waals surface area contributed by atoms with Crippen LogP contribution in [0.3, 0.4) is 0 Å². The van der Waals surface area contributed by atoms with E-state index in [4.69, 9.17) is 0 Å². The van der Waals surface area contributed by atoms with E-state index in [1.165, 1.54) is 5.56 Å². The van der Waals surface area contributed by atoms with Crippen molar-refractivity contribution in [3.05, 3.63) is 69.1 Å². The van der Waals surface area contributed by atoms with E-state index in [0.717, 1.165) is 43.5 Å². The molecule has 0 saturated carbocycles. The van der Waals surface area contributed by atoms with Gasteiger partial charge in [-0.3, -0.25) is 9.59 Å². The number of aromatic nitrogens is 1. The monoisotopic (exact) mass is 381 g/mol. The molecule has 1 amide bonds. The molecular weight excluding hydrogens is 350 g/mol. The van der Waals surface area contributed by atoms with Gasteiger partial charge in [-0.25, -0.2) is 0 Å². The SMILES string of the molecule is CCc1ccc(CN(C)C(=O)c2c(C)ccn(CC3CCCNC3)c2=O)cc1. The maximum Gasteiger partial charge on any atom is 0.263 e. The van der Waals surface area contributed by atoms with E-state index in [1.807, 2.05) is 19.2 Å². The van der Waals surface area contributed by atoms with Crippen LogP contribution in [0.1, 0.15) is 46.8 Å². The molecule has 2 aromatic rings. The fourth-order valence-electron chi connectivity index (χ4n) is 3.84. The first kappa shape index (κ1) is 20.3. The Labute approximate surface area is 167 Å². The van der Waals surface area contributed by atoms with Crippen LogP contribution < -0.4 is 10.9 Å². The summed E-state index contributed by atoms with van der Waals surface area (Å²) in [5.41, 5.74) is 3.19. The quantitative estimate of drug-likeness (QED) is 0.837. The van der Waals surface area contributed by atoms with Gasteiger partial charge in [0.1, 0.15) is 5.56 Å². The summed E-state index contributed by atoms with van der Waals surface area (Å²) in [4.78, 5) is 27.7. The molecule has 1 saturated heterocycles. The largest absolute Gasteiger partial charge is 0.337 e. The van der Waals surface area contributed by atoms with Crippen molar-refractivity contribution < 1.29 is 4.79 Å². The van der Waals surface area contributed by atoms with Gasteiger partial charge >= 0.3 is 0 Å². The van der Waals surface area contributed by atoms with Crippen LogP contribution in [0.2, 0.25) is 0 Å². The van der Waals surface area contributed by atoms with Gasteiger partial charge in [-0.2, -0.15) is 0 Å². The van der Waals surface area contributed by atoms with Crippen molar-refractivity contribution in [3.63, 3.8) is 0 Å². The Morgan fingerprint density at radius 3 is 2.57 bits per heavy atom. The molecule has 1 fully saturated rings. The van der Waals surface area contributed by atoms with Gasteiger partial charge in [-0.1, -0.05) is 31.2 Å². The summed E-state index contributed by atoms with van der Waals surface area (Å²) in [6.07, 6.45) is 5.07. The van der Waals surface area contributed by atoms with E-state index in [1.54, 1.807) is 16.5 Å². The number of aryl methyl sites for hydroxylation is 2. The summed E-state index contributed by atoms with van der Waals surface area (Å²) < 4.78 is 1.71. The second-order valence-corrected chi connectivity index (χ2v) is 7.87. The van der Waals surface area contributed by atoms with Crippen LogP contribution in [0, 0.1) is 12.8 Å². The number of carbonyl (C=O) groups is 1. The van der Waals surface area contributed by atoms with E-state index < -0.39 is 0 Å². The lowest BCUT2D eigenvalue weighted by molar-refractivity contribution is 0.0781. The number of amides is 1. The van der Waals surface area contributed by atoms with Crippen LogP contribution in [0.5, 0.6) is 0 Å². The number of hydrogen-bond acceptors (Lipinski definition) is 3. The highest BCUT2D eigenvalue weighted by Gasteiger charge is 2.21. The molecule has 1 aromatic carbocycles. The summed E-state index contributed by atoms with van der Waals surface area (Å²) >= 11 is 0. The Morgan fingerprint density at radius 2 is 1.93 bits per heavy atom. The van der Waals surface area contributed by atoms with Crippen molar-refractivity contribution in [1.29, 1.82) is 0 Å². The van der Waals surface area contributed by atoms with Crippen molar-refractivity contribution in [2.24, 2.45) is 5.92 Å². The minimum absolute atomic E-state index is 0.177. The molecule has 0 aliphatic carbocycles. The molecule has 5 heteroatoms. The van der Waals surface area contributed by atoms with Crippen molar-refractivity contribution in [2.45, 2.75) is 46.2 Å². The second kappa shape index (κ2) is 9.20. The molecule has 1 aliphatic heterocycles. The number of piperidine rings is 1. The molecule has 1 aromatic heterocycles. The molecule has 1 aliphatic rings. The number of nitrogens with zero attached hydrogens (tertiary/aromatic N) is 2. The highest BCUT2D eigenvalue weighted by molar-refractivity contribution is 5.95. The molecule has 5 nitrogen and oxygen atoms in total. The lowest BCUT2D eigenvalue weighted by atomic mass is 9.99. The van der Waals surface area contributed by atoms with Gasteiger partial charge in [0, 0.05) is 26.3 Å². The van der Waals surface area contributed by atoms with Crippen LogP contribution >= 0.6 is 0 Å². The van der Waals surface area contributed by atoms with E-state index in [2.05, 4.69) is 36.5 Å². The first-order valence-corrected chi connectivity index (χ1v) is 10.2. The molecule has 1 atom stereocenters. The molecule has 0 bridgehead atoms. The third kappa shape index (κ3) is 4.71. The summed E-state index contributed by atoms with van der Waals surface area (Å²) in [5.74, 6) is 0.227. The molecule has 0 radical (unpaired) electrons. The van der Waals surface area contributed by atoms with Crippen LogP contribution in [-0.2, 0) is 19.5 Å². The van der Waals surface area contributed by atoms with Gasteiger partial charge < -0.3 is 14.8 Å². The number of carbonyl (C=O) groups excluding carboxylic acids is 1. The number of rotatable bonds is 6. The number of benzene rings is 1. The Bertz CT molecular complexity index is 864. The maximum atomic E-state index is 13.1. The highest BCUT2D eigenvalue weighted by atomic mass is 16.2. The zero-order chi connectivity index (χ0) is 20.1. The van der Waals surface area contributed by atoms with E-state index in [0.29, 0.717) is 24.6 Å². The van der Waals surface area contributed by atoms with Crippen molar-refractivity contribution in [3.8, 4) is 0 Å². The lowest BCUT2D eigenvalue weighted by Crippen LogP contribution is -2.38. The zero-order valence-electron chi connectivity index (χ0n) is 17.2. The Morgan fingerprint density at radius 1 is 1.21 bits per heavy atom. The van der Waals surface area contributed by atoms with Crippen LogP contribution in [0.4, 0.5) is 0 Å². The fraction of sp³-hybridized carbons (Fsp3) is 0.478. The van der Waals surface area contributed by atoms with Gasteiger partial charge in [0.25, 0.3) is 11.5 Å². The molecule has 28 heavy (non-hydrogen) atoms. The van der Waals surface area contributed by atoms with E-state index in [-0.39, 0.29) is 11.5 Å². The standard InChI is InChI=1S/C23H31N3O2/c1-4-18-7-9-19(10-8-18)15-25(3)22(27)21-17(2)11-13-26(23(21)28)16-20-6-5-12-24-14-20/h7-11,13,20,24H,4-6,12,14-16H2,1-3H3. The molecule has 3 rings (SSSR count). The zero-order valence-corrected chi connectivity index (χ0v) is 17.2. The average Bonchev–Trinajstić information content (AvgIpc) is 2.71. The third-order valence-corrected chi connectivity index (χ3v) is 5.64.